The van der Waals surface area contributed by atoms with Crippen LogP contribution in [0.25, 0.3) is 0 Å². The monoisotopic (exact) mass is 204 g/mol. The molecule has 4 nitrogen and oxygen atoms in total. The Morgan fingerprint density at radius 3 is 2.29 bits per heavy atom. The normalized spacial score (nSPS) is 35.6. The third-order valence-corrected chi connectivity index (χ3v) is 2.54. The largest absolute Gasteiger partial charge is 0.396 e. The summed E-state index contributed by atoms with van der Waals surface area (Å²) in [5.41, 5.74) is -1.04. The van der Waals surface area contributed by atoms with Crippen LogP contribution in [0.2, 0.25) is 0 Å². The first kappa shape index (κ1) is 11.9. The molecule has 1 aliphatic rings. The summed E-state index contributed by atoms with van der Waals surface area (Å²) < 4.78 is 11.1. The van der Waals surface area contributed by atoms with Crippen LogP contribution in [-0.4, -0.2) is 40.4 Å². The van der Waals surface area contributed by atoms with Crippen LogP contribution in [0.4, 0.5) is 0 Å². The van der Waals surface area contributed by atoms with Crippen molar-refractivity contribution in [1.82, 2.24) is 0 Å². The summed E-state index contributed by atoms with van der Waals surface area (Å²) in [6.07, 6.45) is -0.252. The highest BCUT2D eigenvalue weighted by Crippen LogP contribution is 2.34. The van der Waals surface area contributed by atoms with E-state index in [4.69, 9.17) is 14.6 Å². The molecule has 0 aromatic rings. The van der Waals surface area contributed by atoms with E-state index in [1.54, 1.807) is 6.92 Å². The third-order valence-electron chi connectivity index (χ3n) is 2.54. The second-order valence-electron chi connectivity index (χ2n) is 4.59. The summed E-state index contributed by atoms with van der Waals surface area (Å²) in [6.45, 7) is 7.11. The predicted molar refractivity (Wildman–Crippen MR) is 51.8 cm³/mol. The maximum absolute atomic E-state index is 10.1. The lowest BCUT2D eigenvalue weighted by molar-refractivity contribution is -0.170. The van der Waals surface area contributed by atoms with Crippen LogP contribution in [0.3, 0.4) is 0 Å². The number of aliphatic hydroxyl groups is 2. The fourth-order valence-electron chi connectivity index (χ4n) is 1.94. The molecule has 0 amide bonds. The van der Waals surface area contributed by atoms with E-state index in [1.165, 1.54) is 0 Å². The first-order valence-electron chi connectivity index (χ1n) is 4.97. The molecule has 1 rings (SSSR count). The van der Waals surface area contributed by atoms with Crippen LogP contribution in [0.5, 0.6) is 0 Å². The molecule has 0 aromatic heterocycles. The first-order chi connectivity index (χ1) is 6.28. The number of rotatable bonds is 3. The quantitative estimate of drug-likeness (QED) is 0.709. The van der Waals surface area contributed by atoms with Gasteiger partial charge in [0, 0.05) is 13.0 Å². The lowest BCUT2D eigenvalue weighted by Gasteiger charge is -2.30. The van der Waals surface area contributed by atoms with Crippen molar-refractivity contribution in [2.75, 3.05) is 6.61 Å². The average molecular weight is 204 g/mol. The van der Waals surface area contributed by atoms with E-state index < -0.39 is 11.4 Å². The SMILES string of the molecule is C[C@@H]1OC(C)(C)O[C@H]1[C@](C)(O)CCO. The molecule has 4 heteroatoms. The molecule has 0 radical (unpaired) electrons. The van der Waals surface area contributed by atoms with Crippen molar-refractivity contribution in [3.8, 4) is 0 Å². The van der Waals surface area contributed by atoms with Gasteiger partial charge in [-0.05, 0) is 27.7 Å². The van der Waals surface area contributed by atoms with Crippen molar-refractivity contribution in [3.63, 3.8) is 0 Å². The molecule has 2 N–H and O–H groups in total. The van der Waals surface area contributed by atoms with Crippen molar-refractivity contribution in [1.29, 1.82) is 0 Å². The molecular weight excluding hydrogens is 184 g/mol. The molecule has 0 aromatic carbocycles. The van der Waals surface area contributed by atoms with Crippen molar-refractivity contribution < 1.29 is 19.7 Å². The smallest absolute Gasteiger partial charge is 0.163 e. The van der Waals surface area contributed by atoms with Crippen LogP contribution < -0.4 is 0 Å². The third kappa shape index (κ3) is 2.45. The summed E-state index contributed by atoms with van der Waals surface area (Å²) >= 11 is 0. The highest BCUT2D eigenvalue weighted by molar-refractivity contribution is 4.92. The van der Waals surface area contributed by atoms with Gasteiger partial charge in [-0.2, -0.15) is 0 Å². The summed E-state index contributed by atoms with van der Waals surface area (Å²) in [4.78, 5) is 0. The Bertz CT molecular complexity index is 200. The van der Waals surface area contributed by atoms with Gasteiger partial charge in [0.05, 0.1) is 11.7 Å². The van der Waals surface area contributed by atoms with Gasteiger partial charge in [-0.3, -0.25) is 0 Å². The topological polar surface area (TPSA) is 58.9 Å². The molecule has 1 saturated heterocycles. The molecule has 1 fully saturated rings. The fraction of sp³-hybridized carbons (Fsp3) is 1.00. The van der Waals surface area contributed by atoms with Crippen LogP contribution >= 0.6 is 0 Å². The Kier molecular flexibility index (Phi) is 3.21. The molecule has 3 atom stereocenters. The number of hydrogen-bond acceptors (Lipinski definition) is 4. The molecule has 0 spiro atoms. The Morgan fingerprint density at radius 2 is 1.93 bits per heavy atom. The van der Waals surface area contributed by atoms with Crippen LogP contribution in [0.1, 0.15) is 34.1 Å². The maximum Gasteiger partial charge on any atom is 0.163 e. The van der Waals surface area contributed by atoms with Gasteiger partial charge in [0.15, 0.2) is 5.79 Å². The van der Waals surface area contributed by atoms with E-state index in [0.29, 0.717) is 6.42 Å². The lowest BCUT2D eigenvalue weighted by Crippen LogP contribution is -2.45. The molecule has 14 heavy (non-hydrogen) atoms. The molecule has 1 aliphatic heterocycles. The van der Waals surface area contributed by atoms with E-state index in [9.17, 15) is 5.11 Å². The van der Waals surface area contributed by atoms with Gasteiger partial charge in [-0.1, -0.05) is 0 Å². The highest BCUT2D eigenvalue weighted by Gasteiger charge is 2.47. The van der Waals surface area contributed by atoms with E-state index in [-0.39, 0.29) is 18.8 Å². The lowest BCUT2D eigenvalue weighted by atomic mass is 9.92. The van der Waals surface area contributed by atoms with E-state index in [0.717, 1.165) is 0 Å². The van der Waals surface area contributed by atoms with E-state index in [1.807, 2.05) is 20.8 Å². The van der Waals surface area contributed by atoms with Gasteiger partial charge in [-0.15, -0.1) is 0 Å². The Balaban J connectivity index is 2.69. The van der Waals surface area contributed by atoms with Gasteiger partial charge in [0.2, 0.25) is 0 Å². The van der Waals surface area contributed by atoms with Gasteiger partial charge in [-0.25, -0.2) is 0 Å². The summed E-state index contributed by atoms with van der Waals surface area (Å²) in [5, 5.41) is 18.9. The Hall–Kier alpha value is -0.160. The standard InChI is InChI=1S/C10H20O4/c1-7-8(10(4,12)5-6-11)14-9(2,3)13-7/h7-8,11-12H,5-6H2,1-4H3/t7-,8+,10+/m0/s1. The minimum Gasteiger partial charge on any atom is -0.396 e. The fourth-order valence-corrected chi connectivity index (χ4v) is 1.94. The van der Waals surface area contributed by atoms with Crippen LogP contribution in [0, 0.1) is 0 Å². The van der Waals surface area contributed by atoms with Crippen LogP contribution in [-0.2, 0) is 9.47 Å². The van der Waals surface area contributed by atoms with E-state index in [2.05, 4.69) is 0 Å². The van der Waals surface area contributed by atoms with Gasteiger partial charge >= 0.3 is 0 Å². The summed E-state index contributed by atoms with van der Waals surface area (Å²) in [6, 6.07) is 0. The van der Waals surface area contributed by atoms with Gasteiger partial charge in [0.1, 0.15) is 6.10 Å². The summed E-state index contributed by atoms with van der Waals surface area (Å²) in [7, 11) is 0. The molecule has 1 heterocycles. The summed E-state index contributed by atoms with van der Waals surface area (Å²) in [5.74, 6) is -0.649. The molecule has 0 unspecified atom stereocenters. The molecule has 0 aliphatic carbocycles. The van der Waals surface area contributed by atoms with Crippen molar-refractivity contribution in [2.45, 2.75) is 57.7 Å². The number of hydrogen-bond donors (Lipinski definition) is 2. The zero-order valence-electron chi connectivity index (χ0n) is 9.28. The molecule has 84 valence electrons. The second kappa shape index (κ2) is 3.77. The minimum atomic E-state index is -1.04. The van der Waals surface area contributed by atoms with E-state index >= 15 is 0 Å². The van der Waals surface area contributed by atoms with Crippen molar-refractivity contribution >= 4 is 0 Å². The second-order valence-corrected chi connectivity index (χ2v) is 4.59. The molecule has 0 bridgehead atoms. The van der Waals surface area contributed by atoms with Gasteiger partial charge < -0.3 is 19.7 Å². The predicted octanol–water partition coefficient (Wildman–Crippen LogP) is 0.660. The minimum absolute atomic E-state index is 0.0555. The zero-order valence-corrected chi connectivity index (χ0v) is 9.28. The highest BCUT2D eigenvalue weighted by atomic mass is 16.8. The maximum atomic E-state index is 10.1. The van der Waals surface area contributed by atoms with Crippen molar-refractivity contribution in [2.24, 2.45) is 0 Å². The number of ether oxygens (including phenoxy) is 2. The zero-order chi connectivity index (χ0) is 11.0. The first-order valence-corrected chi connectivity index (χ1v) is 4.97. The average Bonchev–Trinajstić information content (AvgIpc) is 2.25. The Morgan fingerprint density at radius 1 is 1.36 bits per heavy atom. The van der Waals surface area contributed by atoms with Crippen molar-refractivity contribution in [3.05, 3.63) is 0 Å². The molecule has 0 saturated carbocycles. The van der Waals surface area contributed by atoms with Gasteiger partial charge in [0.25, 0.3) is 0 Å². The Labute approximate surface area is 84.8 Å². The van der Waals surface area contributed by atoms with Crippen LogP contribution in [0.15, 0.2) is 0 Å². The number of aliphatic hydroxyl groups excluding tert-OH is 1. The molecular formula is C10H20O4.